The average molecular weight is 267 g/mol. The van der Waals surface area contributed by atoms with Crippen molar-refractivity contribution in [2.45, 2.75) is 52.7 Å². The van der Waals surface area contributed by atoms with Gasteiger partial charge in [-0.05, 0) is 32.9 Å². The van der Waals surface area contributed by atoms with Gasteiger partial charge in [0.1, 0.15) is 5.82 Å². The molecule has 1 aromatic carbocycles. The molecule has 0 heterocycles. The van der Waals surface area contributed by atoms with Crippen LogP contribution in [0, 0.1) is 12.7 Å². The Kier molecular flexibility index (Phi) is 7.03. The van der Waals surface area contributed by atoms with E-state index in [2.05, 4.69) is 12.2 Å². The second-order valence-electron chi connectivity index (χ2n) is 4.84. The van der Waals surface area contributed by atoms with Gasteiger partial charge >= 0.3 is 0 Å². The fourth-order valence-electron chi connectivity index (χ4n) is 2.41. The highest BCUT2D eigenvalue weighted by Gasteiger charge is 2.24. The van der Waals surface area contributed by atoms with Crippen molar-refractivity contribution in [2.24, 2.45) is 0 Å². The lowest BCUT2D eigenvalue weighted by atomic mass is 9.96. The molecule has 1 aromatic rings. The lowest BCUT2D eigenvalue weighted by Gasteiger charge is -2.28. The lowest BCUT2D eigenvalue weighted by Crippen LogP contribution is -2.34. The summed E-state index contributed by atoms with van der Waals surface area (Å²) in [5, 5.41) is 3.37. The summed E-state index contributed by atoms with van der Waals surface area (Å²) in [5.74, 6) is -0.155. The largest absolute Gasteiger partial charge is 0.377 e. The van der Waals surface area contributed by atoms with Crippen molar-refractivity contribution in [3.63, 3.8) is 0 Å². The van der Waals surface area contributed by atoms with Crippen LogP contribution in [0.3, 0.4) is 0 Å². The van der Waals surface area contributed by atoms with Gasteiger partial charge in [-0.3, -0.25) is 0 Å². The predicted molar refractivity (Wildman–Crippen MR) is 77.9 cm³/mol. The maximum Gasteiger partial charge on any atom is 0.128 e. The molecule has 1 N–H and O–H groups in total. The molecule has 1 rings (SSSR count). The number of nitrogens with one attached hydrogen (secondary N) is 1. The molecule has 19 heavy (non-hydrogen) atoms. The molecular formula is C16H26FNO. The maximum absolute atomic E-state index is 14.1. The highest BCUT2D eigenvalue weighted by atomic mass is 19.1. The molecule has 0 aliphatic rings. The van der Waals surface area contributed by atoms with Crippen LogP contribution in [0.1, 0.15) is 50.8 Å². The van der Waals surface area contributed by atoms with Gasteiger partial charge in [-0.15, -0.1) is 0 Å². The fourth-order valence-corrected chi connectivity index (χ4v) is 2.41. The van der Waals surface area contributed by atoms with Gasteiger partial charge in [-0.25, -0.2) is 4.39 Å². The zero-order valence-corrected chi connectivity index (χ0v) is 12.5. The standard InChI is InChI=1S/C16H26FNO/c1-5-8-15(19-7-3)16(18-6-2)13-11-12(4)9-10-14(13)17/h9-11,15-16,18H,5-8H2,1-4H3. The van der Waals surface area contributed by atoms with E-state index in [4.69, 9.17) is 4.74 Å². The summed E-state index contributed by atoms with van der Waals surface area (Å²) in [5.41, 5.74) is 1.79. The van der Waals surface area contributed by atoms with E-state index in [1.54, 1.807) is 12.1 Å². The van der Waals surface area contributed by atoms with Crippen molar-refractivity contribution in [3.8, 4) is 0 Å². The van der Waals surface area contributed by atoms with Crippen molar-refractivity contribution >= 4 is 0 Å². The van der Waals surface area contributed by atoms with E-state index >= 15 is 0 Å². The van der Waals surface area contributed by atoms with E-state index in [0.717, 1.165) is 24.9 Å². The Labute approximate surface area is 116 Å². The Balaban J connectivity index is 3.05. The number of likely N-dealkylation sites (N-methyl/N-ethyl adjacent to an activating group) is 1. The van der Waals surface area contributed by atoms with Crippen LogP contribution in [0.5, 0.6) is 0 Å². The summed E-state index contributed by atoms with van der Waals surface area (Å²) in [6, 6.07) is 5.19. The number of aryl methyl sites for hydroxylation is 1. The van der Waals surface area contributed by atoms with Crippen molar-refractivity contribution < 1.29 is 9.13 Å². The molecule has 3 heteroatoms. The van der Waals surface area contributed by atoms with Gasteiger partial charge in [-0.2, -0.15) is 0 Å². The third-order valence-electron chi connectivity index (χ3n) is 3.24. The van der Waals surface area contributed by atoms with E-state index in [9.17, 15) is 4.39 Å². The van der Waals surface area contributed by atoms with E-state index in [-0.39, 0.29) is 18.0 Å². The fraction of sp³-hybridized carbons (Fsp3) is 0.625. The molecule has 0 aliphatic carbocycles. The molecule has 0 aliphatic heterocycles. The zero-order chi connectivity index (χ0) is 14.3. The highest BCUT2D eigenvalue weighted by Crippen LogP contribution is 2.26. The average Bonchev–Trinajstić information content (AvgIpc) is 2.39. The van der Waals surface area contributed by atoms with Gasteiger partial charge in [0.05, 0.1) is 12.1 Å². The molecule has 2 atom stereocenters. The van der Waals surface area contributed by atoms with Crippen LogP contribution in [0.25, 0.3) is 0 Å². The Hall–Kier alpha value is -0.930. The molecule has 0 bridgehead atoms. The van der Waals surface area contributed by atoms with Crippen molar-refractivity contribution in [1.82, 2.24) is 5.32 Å². The van der Waals surface area contributed by atoms with Gasteiger partial charge in [-0.1, -0.05) is 38.0 Å². The number of hydrogen-bond acceptors (Lipinski definition) is 2. The lowest BCUT2D eigenvalue weighted by molar-refractivity contribution is 0.0271. The minimum Gasteiger partial charge on any atom is -0.377 e. The van der Waals surface area contributed by atoms with E-state index in [1.165, 1.54) is 0 Å². The van der Waals surface area contributed by atoms with Crippen LogP contribution < -0.4 is 5.32 Å². The molecule has 0 spiro atoms. The number of hydrogen-bond donors (Lipinski definition) is 1. The van der Waals surface area contributed by atoms with Crippen LogP contribution in [-0.4, -0.2) is 19.3 Å². The van der Waals surface area contributed by atoms with E-state index in [1.807, 2.05) is 26.8 Å². The molecule has 0 saturated heterocycles. The summed E-state index contributed by atoms with van der Waals surface area (Å²) in [4.78, 5) is 0. The molecule has 0 aromatic heterocycles. The van der Waals surface area contributed by atoms with Crippen LogP contribution in [0.2, 0.25) is 0 Å². The minimum atomic E-state index is -0.155. The van der Waals surface area contributed by atoms with Gasteiger partial charge < -0.3 is 10.1 Å². The number of benzene rings is 1. The summed E-state index contributed by atoms with van der Waals surface area (Å²) >= 11 is 0. The number of rotatable bonds is 8. The van der Waals surface area contributed by atoms with Crippen molar-refractivity contribution in [1.29, 1.82) is 0 Å². The minimum absolute atomic E-state index is 0.0197. The second kappa shape index (κ2) is 8.28. The Morgan fingerprint density at radius 2 is 2.00 bits per heavy atom. The SMILES string of the molecule is CCCC(OCC)C(NCC)c1cc(C)ccc1F. The first-order valence-corrected chi connectivity index (χ1v) is 7.25. The first-order valence-electron chi connectivity index (χ1n) is 7.25. The van der Waals surface area contributed by atoms with Gasteiger partial charge in [0.25, 0.3) is 0 Å². The van der Waals surface area contributed by atoms with Gasteiger partial charge in [0.15, 0.2) is 0 Å². The Morgan fingerprint density at radius 1 is 1.26 bits per heavy atom. The molecule has 108 valence electrons. The summed E-state index contributed by atoms with van der Waals surface area (Å²) in [6.07, 6.45) is 1.98. The van der Waals surface area contributed by atoms with Gasteiger partial charge in [0.2, 0.25) is 0 Å². The van der Waals surface area contributed by atoms with Crippen LogP contribution in [0.4, 0.5) is 4.39 Å². The molecule has 2 nitrogen and oxygen atoms in total. The zero-order valence-electron chi connectivity index (χ0n) is 12.5. The van der Waals surface area contributed by atoms with Crippen LogP contribution in [0.15, 0.2) is 18.2 Å². The third-order valence-corrected chi connectivity index (χ3v) is 3.24. The van der Waals surface area contributed by atoms with E-state index < -0.39 is 0 Å². The topological polar surface area (TPSA) is 21.3 Å². The first-order chi connectivity index (χ1) is 9.13. The highest BCUT2D eigenvalue weighted by molar-refractivity contribution is 5.27. The smallest absolute Gasteiger partial charge is 0.128 e. The van der Waals surface area contributed by atoms with Crippen molar-refractivity contribution in [3.05, 3.63) is 35.1 Å². The summed E-state index contributed by atoms with van der Waals surface area (Å²) in [6.45, 7) is 9.59. The van der Waals surface area contributed by atoms with E-state index in [0.29, 0.717) is 12.2 Å². The molecular weight excluding hydrogens is 241 g/mol. The molecule has 0 fully saturated rings. The molecule has 0 radical (unpaired) electrons. The first kappa shape index (κ1) is 16.1. The Bertz CT molecular complexity index is 375. The molecule has 0 saturated carbocycles. The van der Waals surface area contributed by atoms with Gasteiger partial charge in [0, 0.05) is 12.2 Å². The van der Waals surface area contributed by atoms with Crippen LogP contribution in [-0.2, 0) is 4.74 Å². The third kappa shape index (κ3) is 4.59. The monoisotopic (exact) mass is 267 g/mol. The normalized spacial score (nSPS) is 14.4. The quantitative estimate of drug-likeness (QED) is 0.769. The Morgan fingerprint density at radius 3 is 2.58 bits per heavy atom. The predicted octanol–water partition coefficient (Wildman–Crippen LogP) is 3.99. The number of ether oxygens (including phenoxy) is 1. The molecule has 0 amide bonds. The summed E-state index contributed by atoms with van der Waals surface area (Å²) < 4.78 is 19.9. The molecule has 2 unspecified atom stereocenters. The van der Waals surface area contributed by atoms with Crippen molar-refractivity contribution in [2.75, 3.05) is 13.2 Å². The number of halogens is 1. The van der Waals surface area contributed by atoms with Crippen LogP contribution >= 0.6 is 0 Å². The second-order valence-corrected chi connectivity index (χ2v) is 4.84. The maximum atomic E-state index is 14.1. The summed E-state index contributed by atoms with van der Waals surface area (Å²) in [7, 11) is 0.